The van der Waals surface area contributed by atoms with Crippen molar-refractivity contribution >= 4 is 17.3 Å². The van der Waals surface area contributed by atoms with Gasteiger partial charge in [-0.2, -0.15) is 0 Å². The van der Waals surface area contributed by atoms with E-state index < -0.39 is 0 Å². The van der Waals surface area contributed by atoms with Crippen LogP contribution in [0.25, 0.3) is 0 Å². The molecule has 3 rings (SSSR count). The number of anilines is 2. The number of nitrogens with zero attached hydrogens (tertiary/aromatic N) is 1. The van der Waals surface area contributed by atoms with Crippen molar-refractivity contribution in [3.63, 3.8) is 0 Å². The number of ether oxygens (including phenoxy) is 1. The van der Waals surface area contributed by atoms with Crippen LogP contribution in [-0.2, 0) is 4.74 Å². The fourth-order valence-corrected chi connectivity index (χ4v) is 2.51. The lowest BCUT2D eigenvalue weighted by atomic mass is 10.2. The van der Waals surface area contributed by atoms with Gasteiger partial charge in [0.1, 0.15) is 6.26 Å². The smallest absolute Gasteiger partial charge is 0.258 e. The normalized spacial score (nSPS) is 18.0. The van der Waals surface area contributed by atoms with E-state index in [9.17, 15) is 4.79 Å². The summed E-state index contributed by atoms with van der Waals surface area (Å²) < 4.78 is 10.3. The minimum absolute atomic E-state index is 0.169. The summed E-state index contributed by atoms with van der Waals surface area (Å²) in [6, 6.07) is 9.49. The van der Waals surface area contributed by atoms with E-state index in [4.69, 9.17) is 9.15 Å². The Morgan fingerprint density at radius 3 is 2.76 bits per heavy atom. The molecule has 1 amide bonds. The summed E-state index contributed by atoms with van der Waals surface area (Å²) in [6.07, 6.45) is 4.27. The van der Waals surface area contributed by atoms with Crippen molar-refractivity contribution in [3.05, 3.63) is 48.4 Å². The molecule has 1 aromatic heterocycles. The number of rotatable bonds is 4. The van der Waals surface area contributed by atoms with E-state index >= 15 is 0 Å². The molecule has 1 atom stereocenters. The Labute approximate surface area is 123 Å². The number of carbonyl (C=O) groups is 1. The topological polar surface area (TPSA) is 54.7 Å². The average molecular weight is 286 g/mol. The standard InChI is InChI=1S/C16H18N2O3/c1-20-15-6-8-18(10-15)14-4-2-13(3-5-14)17-16(19)12-7-9-21-11-12/h2-5,7,9,11,15H,6,8,10H2,1H3,(H,17,19)/t15-/m1/s1. The number of methoxy groups -OCH3 is 1. The van der Waals surface area contributed by atoms with Gasteiger partial charge in [-0.3, -0.25) is 4.79 Å². The zero-order chi connectivity index (χ0) is 14.7. The third-order valence-electron chi connectivity index (χ3n) is 3.75. The van der Waals surface area contributed by atoms with Gasteiger partial charge in [0.2, 0.25) is 0 Å². The second-order valence-corrected chi connectivity index (χ2v) is 5.11. The minimum Gasteiger partial charge on any atom is -0.472 e. The van der Waals surface area contributed by atoms with Crippen LogP contribution in [0, 0.1) is 0 Å². The molecule has 0 radical (unpaired) electrons. The third-order valence-corrected chi connectivity index (χ3v) is 3.75. The number of carbonyl (C=O) groups excluding carboxylic acids is 1. The maximum absolute atomic E-state index is 11.9. The van der Waals surface area contributed by atoms with Crippen LogP contribution < -0.4 is 10.2 Å². The highest BCUT2D eigenvalue weighted by Gasteiger charge is 2.22. The molecule has 2 aromatic rings. The lowest BCUT2D eigenvalue weighted by Gasteiger charge is -2.18. The Hall–Kier alpha value is -2.27. The van der Waals surface area contributed by atoms with Crippen molar-refractivity contribution in [3.8, 4) is 0 Å². The van der Waals surface area contributed by atoms with Gasteiger partial charge in [0.15, 0.2) is 0 Å². The summed E-state index contributed by atoms with van der Waals surface area (Å²) in [7, 11) is 1.75. The molecule has 0 unspecified atom stereocenters. The van der Waals surface area contributed by atoms with Gasteiger partial charge in [0.05, 0.1) is 17.9 Å². The number of hydrogen-bond donors (Lipinski definition) is 1. The number of hydrogen-bond acceptors (Lipinski definition) is 4. The van der Waals surface area contributed by atoms with Crippen LogP contribution >= 0.6 is 0 Å². The minimum atomic E-state index is -0.169. The predicted octanol–water partition coefficient (Wildman–Crippen LogP) is 2.76. The van der Waals surface area contributed by atoms with Crippen molar-refractivity contribution in [1.82, 2.24) is 0 Å². The fraction of sp³-hybridized carbons (Fsp3) is 0.312. The molecule has 0 aliphatic carbocycles. The van der Waals surface area contributed by atoms with Crippen molar-refractivity contribution in [2.45, 2.75) is 12.5 Å². The van der Waals surface area contributed by atoms with Crippen LogP contribution in [0.4, 0.5) is 11.4 Å². The van der Waals surface area contributed by atoms with E-state index in [2.05, 4.69) is 10.2 Å². The maximum atomic E-state index is 11.9. The number of nitrogens with one attached hydrogen (secondary N) is 1. The number of benzene rings is 1. The zero-order valence-corrected chi connectivity index (χ0v) is 11.9. The molecule has 1 aliphatic rings. The largest absolute Gasteiger partial charge is 0.472 e. The Bertz CT molecular complexity index is 592. The molecule has 5 nitrogen and oxygen atoms in total. The number of amides is 1. The van der Waals surface area contributed by atoms with Crippen LogP contribution in [0.1, 0.15) is 16.8 Å². The Balaban J connectivity index is 1.63. The summed E-state index contributed by atoms with van der Waals surface area (Å²) in [5, 5.41) is 2.84. The summed E-state index contributed by atoms with van der Waals surface area (Å²) in [4.78, 5) is 14.2. The highest BCUT2D eigenvalue weighted by atomic mass is 16.5. The van der Waals surface area contributed by atoms with E-state index in [1.165, 1.54) is 12.5 Å². The number of furan rings is 1. The fourth-order valence-electron chi connectivity index (χ4n) is 2.51. The molecule has 1 saturated heterocycles. The van der Waals surface area contributed by atoms with Crippen LogP contribution in [-0.4, -0.2) is 32.2 Å². The molecule has 0 bridgehead atoms. The van der Waals surface area contributed by atoms with E-state index in [-0.39, 0.29) is 5.91 Å². The van der Waals surface area contributed by atoms with E-state index in [0.29, 0.717) is 11.7 Å². The first-order valence-electron chi connectivity index (χ1n) is 6.97. The van der Waals surface area contributed by atoms with Crippen LogP contribution in [0.5, 0.6) is 0 Å². The van der Waals surface area contributed by atoms with Gasteiger partial charge < -0.3 is 19.4 Å². The van der Waals surface area contributed by atoms with Crippen molar-refractivity contribution in [2.24, 2.45) is 0 Å². The van der Waals surface area contributed by atoms with Gasteiger partial charge in [0, 0.05) is 31.6 Å². The Morgan fingerprint density at radius 1 is 1.33 bits per heavy atom. The third kappa shape index (κ3) is 3.08. The Morgan fingerprint density at radius 2 is 2.14 bits per heavy atom. The highest BCUT2D eigenvalue weighted by molar-refractivity contribution is 6.04. The summed E-state index contributed by atoms with van der Waals surface area (Å²) in [6.45, 7) is 1.91. The molecular weight excluding hydrogens is 268 g/mol. The molecule has 1 fully saturated rings. The van der Waals surface area contributed by atoms with Gasteiger partial charge in [-0.25, -0.2) is 0 Å². The summed E-state index contributed by atoms with van der Waals surface area (Å²) in [5.41, 5.74) is 2.44. The van der Waals surface area contributed by atoms with Crippen LogP contribution in [0.3, 0.4) is 0 Å². The van der Waals surface area contributed by atoms with Crippen molar-refractivity contribution in [2.75, 3.05) is 30.4 Å². The molecule has 21 heavy (non-hydrogen) atoms. The first-order valence-corrected chi connectivity index (χ1v) is 6.97. The van der Waals surface area contributed by atoms with Crippen molar-refractivity contribution in [1.29, 1.82) is 0 Å². The summed E-state index contributed by atoms with van der Waals surface area (Å²) >= 11 is 0. The van der Waals surface area contributed by atoms with Gasteiger partial charge >= 0.3 is 0 Å². The average Bonchev–Trinajstić information content (AvgIpc) is 3.19. The molecular formula is C16H18N2O3. The van der Waals surface area contributed by atoms with Gasteiger partial charge in [-0.1, -0.05) is 0 Å². The van der Waals surface area contributed by atoms with Gasteiger partial charge in [-0.15, -0.1) is 0 Å². The van der Waals surface area contributed by atoms with E-state index in [1.54, 1.807) is 13.2 Å². The molecule has 5 heteroatoms. The van der Waals surface area contributed by atoms with E-state index in [0.717, 1.165) is 30.9 Å². The molecule has 0 saturated carbocycles. The van der Waals surface area contributed by atoms with Crippen LogP contribution in [0.15, 0.2) is 47.3 Å². The molecule has 2 heterocycles. The zero-order valence-electron chi connectivity index (χ0n) is 11.9. The molecule has 1 N–H and O–H groups in total. The molecule has 1 aromatic carbocycles. The Kier molecular flexibility index (Phi) is 3.92. The SMILES string of the molecule is CO[C@@H]1CCN(c2ccc(NC(=O)c3ccoc3)cc2)C1. The molecule has 0 spiro atoms. The van der Waals surface area contributed by atoms with Gasteiger partial charge in [-0.05, 0) is 36.8 Å². The van der Waals surface area contributed by atoms with Crippen molar-refractivity contribution < 1.29 is 13.9 Å². The highest BCUT2D eigenvalue weighted by Crippen LogP contribution is 2.23. The second kappa shape index (κ2) is 6.01. The molecule has 1 aliphatic heterocycles. The van der Waals surface area contributed by atoms with Crippen LogP contribution in [0.2, 0.25) is 0 Å². The molecule has 110 valence electrons. The summed E-state index contributed by atoms with van der Waals surface area (Å²) in [5.74, 6) is -0.169. The maximum Gasteiger partial charge on any atom is 0.258 e. The quantitative estimate of drug-likeness (QED) is 0.939. The lowest BCUT2D eigenvalue weighted by Crippen LogP contribution is -2.22. The van der Waals surface area contributed by atoms with E-state index in [1.807, 2.05) is 24.3 Å². The second-order valence-electron chi connectivity index (χ2n) is 5.11. The first-order chi connectivity index (χ1) is 10.3. The first kappa shape index (κ1) is 13.7. The predicted molar refractivity (Wildman–Crippen MR) is 80.7 cm³/mol. The monoisotopic (exact) mass is 286 g/mol. The lowest BCUT2D eigenvalue weighted by molar-refractivity contribution is 0.102. The van der Waals surface area contributed by atoms with Gasteiger partial charge in [0.25, 0.3) is 5.91 Å².